The molecule has 0 saturated heterocycles. The minimum atomic E-state index is 0.159. The number of unbranched alkanes of at least 4 members (excludes halogenated alkanes) is 4. The lowest BCUT2D eigenvalue weighted by atomic mass is 10.1. The van der Waals surface area contributed by atoms with Crippen LogP contribution in [0.2, 0.25) is 0 Å². The standard InChI is InChI=1S/C18H30N2O/c1-4-6-10-14-20(15-11-7-5-2)18(21)16-12-8-9-13-17(16)19-3/h8-9,12-13,19H,4-7,10-11,14-15H2,1-3H3. The van der Waals surface area contributed by atoms with Crippen LogP contribution in [0, 0.1) is 0 Å². The Hall–Kier alpha value is -1.51. The molecule has 1 N–H and O–H groups in total. The van der Waals surface area contributed by atoms with Crippen molar-refractivity contribution < 1.29 is 4.79 Å². The fourth-order valence-electron chi connectivity index (χ4n) is 2.48. The molecule has 0 fully saturated rings. The Kier molecular flexibility index (Phi) is 8.56. The maximum Gasteiger partial charge on any atom is 0.255 e. The van der Waals surface area contributed by atoms with Crippen LogP contribution in [0.25, 0.3) is 0 Å². The summed E-state index contributed by atoms with van der Waals surface area (Å²) in [5, 5.41) is 3.12. The monoisotopic (exact) mass is 290 g/mol. The second-order valence-electron chi connectivity index (χ2n) is 5.50. The molecule has 0 atom stereocenters. The molecule has 1 rings (SSSR count). The number of hydrogen-bond acceptors (Lipinski definition) is 2. The SMILES string of the molecule is CCCCCN(CCCCC)C(=O)c1ccccc1NC. The highest BCUT2D eigenvalue weighted by atomic mass is 16.2. The van der Waals surface area contributed by atoms with Gasteiger partial charge in [0.25, 0.3) is 5.91 Å². The molecule has 21 heavy (non-hydrogen) atoms. The second kappa shape index (κ2) is 10.3. The van der Waals surface area contributed by atoms with Crippen molar-refractivity contribution in [1.29, 1.82) is 0 Å². The first kappa shape index (κ1) is 17.5. The van der Waals surface area contributed by atoms with Crippen LogP contribution < -0.4 is 5.32 Å². The lowest BCUT2D eigenvalue weighted by Gasteiger charge is -2.24. The number of amides is 1. The van der Waals surface area contributed by atoms with Crippen LogP contribution in [0.1, 0.15) is 62.7 Å². The molecule has 3 nitrogen and oxygen atoms in total. The van der Waals surface area contributed by atoms with Crippen molar-refractivity contribution in [3.05, 3.63) is 29.8 Å². The molecule has 1 amide bonds. The van der Waals surface area contributed by atoms with Gasteiger partial charge >= 0.3 is 0 Å². The van der Waals surface area contributed by atoms with Crippen molar-refractivity contribution in [3.8, 4) is 0 Å². The molecule has 0 aliphatic carbocycles. The van der Waals surface area contributed by atoms with E-state index in [1.165, 1.54) is 25.7 Å². The molecule has 0 aliphatic rings. The summed E-state index contributed by atoms with van der Waals surface area (Å²) in [7, 11) is 1.87. The van der Waals surface area contributed by atoms with E-state index in [0.717, 1.165) is 37.2 Å². The summed E-state index contributed by atoms with van der Waals surface area (Å²) in [5.74, 6) is 0.159. The topological polar surface area (TPSA) is 32.3 Å². The third kappa shape index (κ3) is 5.78. The zero-order chi connectivity index (χ0) is 15.5. The third-order valence-corrected chi connectivity index (χ3v) is 3.78. The molecule has 0 spiro atoms. The van der Waals surface area contributed by atoms with Gasteiger partial charge in [-0.1, -0.05) is 51.7 Å². The largest absolute Gasteiger partial charge is 0.387 e. The zero-order valence-corrected chi connectivity index (χ0v) is 13.8. The number of hydrogen-bond donors (Lipinski definition) is 1. The number of carbonyl (C=O) groups is 1. The first-order chi connectivity index (χ1) is 10.2. The van der Waals surface area contributed by atoms with Gasteiger partial charge in [-0.05, 0) is 25.0 Å². The number of benzene rings is 1. The average Bonchev–Trinajstić information content (AvgIpc) is 2.53. The first-order valence-corrected chi connectivity index (χ1v) is 8.30. The summed E-state index contributed by atoms with van der Waals surface area (Å²) in [4.78, 5) is 14.8. The quantitative estimate of drug-likeness (QED) is 0.641. The van der Waals surface area contributed by atoms with E-state index in [-0.39, 0.29) is 5.91 Å². The fourth-order valence-corrected chi connectivity index (χ4v) is 2.48. The van der Waals surface area contributed by atoms with Crippen LogP contribution in [0.15, 0.2) is 24.3 Å². The smallest absolute Gasteiger partial charge is 0.255 e. The minimum Gasteiger partial charge on any atom is -0.387 e. The predicted molar refractivity (Wildman–Crippen MR) is 90.9 cm³/mol. The summed E-state index contributed by atoms with van der Waals surface area (Å²) in [6.07, 6.45) is 6.93. The van der Waals surface area contributed by atoms with E-state index < -0.39 is 0 Å². The van der Waals surface area contributed by atoms with Gasteiger partial charge in [-0.15, -0.1) is 0 Å². The van der Waals surface area contributed by atoms with Crippen LogP contribution in [-0.4, -0.2) is 30.9 Å². The zero-order valence-electron chi connectivity index (χ0n) is 13.8. The molecule has 0 saturated carbocycles. The predicted octanol–water partition coefficient (Wildman–Crippen LogP) is 4.55. The van der Waals surface area contributed by atoms with Crippen LogP contribution >= 0.6 is 0 Å². The van der Waals surface area contributed by atoms with Crippen molar-refractivity contribution in [1.82, 2.24) is 4.90 Å². The van der Waals surface area contributed by atoms with Crippen LogP contribution in [0.3, 0.4) is 0 Å². The Morgan fingerprint density at radius 3 is 2.10 bits per heavy atom. The van der Waals surface area contributed by atoms with Gasteiger partial charge in [0, 0.05) is 25.8 Å². The maximum absolute atomic E-state index is 12.8. The Morgan fingerprint density at radius 1 is 1.00 bits per heavy atom. The summed E-state index contributed by atoms with van der Waals surface area (Å²) in [5.41, 5.74) is 1.70. The molecular weight excluding hydrogens is 260 g/mol. The van der Waals surface area contributed by atoms with E-state index >= 15 is 0 Å². The van der Waals surface area contributed by atoms with E-state index in [4.69, 9.17) is 0 Å². The van der Waals surface area contributed by atoms with Crippen molar-refractivity contribution in [2.75, 3.05) is 25.5 Å². The molecule has 118 valence electrons. The Labute approximate surface area is 129 Å². The van der Waals surface area contributed by atoms with Crippen LogP contribution in [0.5, 0.6) is 0 Å². The van der Waals surface area contributed by atoms with Gasteiger partial charge in [0.1, 0.15) is 0 Å². The summed E-state index contributed by atoms with van der Waals surface area (Å²) >= 11 is 0. The first-order valence-electron chi connectivity index (χ1n) is 8.30. The molecule has 0 heterocycles. The van der Waals surface area contributed by atoms with E-state index in [1.54, 1.807) is 0 Å². The Morgan fingerprint density at radius 2 is 1.57 bits per heavy atom. The minimum absolute atomic E-state index is 0.159. The molecule has 0 aliphatic heterocycles. The normalized spacial score (nSPS) is 10.4. The Bertz CT molecular complexity index is 407. The number of rotatable bonds is 10. The summed E-state index contributed by atoms with van der Waals surface area (Å²) in [6, 6.07) is 7.77. The van der Waals surface area contributed by atoms with Crippen LogP contribution in [0.4, 0.5) is 5.69 Å². The van der Waals surface area contributed by atoms with Gasteiger partial charge in [0.2, 0.25) is 0 Å². The van der Waals surface area contributed by atoms with E-state index in [0.29, 0.717) is 0 Å². The van der Waals surface area contributed by atoms with Gasteiger partial charge in [0.15, 0.2) is 0 Å². The van der Waals surface area contributed by atoms with Gasteiger partial charge in [-0.2, -0.15) is 0 Å². The van der Waals surface area contributed by atoms with Crippen molar-refractivity contribution in [3.63, 3.8) is 0 Å². The molecule has 0 bridgehead atoms. The maximum atomic E-state index is 12.8. The number of nitrogens with zero attached hydrogens (tertiary/aromatic N) is 1. The molecule has 3 heteroatoms. The number of nitrogens with one attached hydrogen (secondary N) is 1. The van der Waals surface area contributed by atoms with Gasteiger partial charge in [-0.25, -0.2) is 0 Å². The van der Waals surface area contributed by atoms with E-state index in [9.17, 15) is 4.79 Å². The summed E-state index contributed by atoms with van der Waals surface area (Å²) < 4.78 is 0. The molecule has 0 radical (unpaired) electrons. The van der Waals surface area contributed by atoms with Gasteiger partial charge in [-0.3, -0.25) is 4.79 Å². The summed E-state index contributed by atoms with van der Waals surface area (Å²) in [6.45, 7) is 6.13. The van der Waals surface area contributed by atoms with Crippen LogP contribution in [-0.2, 0) is 0 Å². The van der Waals surface area contributed by atoms with Crippen molar-refractivity contribution in [2.45, 2.75) is 52.4 Å². The lowest BCUT2D eigenvalue weighted by molar-refractivity contribution is 0.0750. The average molecular weight is 290 g/mol. The number of para-hydroxylation sites is 1. The molecule has 0 unspecified atom stereocenters. The molecule has 1 aromatic rings. The molecular formula is C18H30N2O. The number of anilines is 1. The highest BCUT2D eigenvalue weighted by Gasteiger charge is 2.17. The highest BCUT2D eigenvalue weighted by Crippen LogP contribution is 2.17. The second-order valence-corrected chi connectivity index (χ2v) is 5.50. The Balaban J connectivity index is 2.76. The fraction of sp³-hybridized carbons (Fsp3) is 0.611. The third-order valence-electron chi connectivity index (χ3n) is 3.78. The molecule has 0 aromatic heterocycles. The van der Waals surface area contributed by atoms with E-state index in [2.05, 4.69) is 19.2 Å². The van der Waals surface area contributed by atoms with Crippen molar-refractivity contribution >= 4 is 11.6 Å². The van der Waals surface area contributed by atoms with Gasteiger partial charge in [0.05, 0.1) is 5.56 Å². The molecule has 1 aromatic carbocycles. The highest BCUT2D eigenvalue weighted by molar-refractivity contribution is 5.99. The number of carbonyl (C=O) groups excluding carboxylic acids is 1. The van der Waals surface area contributed by atoms with E-state index in [1.807, 2.05) is 36.2 Å². The lowest BCUT2D eigenvalue weighted by Crippen LogP contribution is -2.33. The van der Waals surface area contributed by atoms with Crippen molar-refractivity contribution in [2.24, 2.45) is 0 Å². The van der Waals surface area contributed by atoms with Gasteiger partial charge < -0.3 is 10.2 Å².